The lowest BCUT2D eigenvalue weighted by molar-refractivity contribution is 0.205. The van der Waals surface area contributed by atoms with Crippen molar-refractivity contribution >= 4 is 34.4 Å². The maximum atomic E-state index is 12.3. The van der Waals surface area contributed by atoms with Crippen molar-refractivity contribution in [2.75, 3.05) is 25.5 Å². The topological polar surface area (TPSA) is 90.6 Å². The molecule has 0 radical (unpaired) electrons. The van der Waals surface area contributed by atoms with Crippen molar-refractivity contribution in [2.45, 2.75) is 44.2 Å². The number of anilines is 1. The number of hydrogen-bond acceptors (Lipinski definition) is 5. The Kier molecular flexibility index (Phi) is 4.54. The normalized spacial score (nSPS) is 18.8. The molecule has 140 valence electrons. The molecule has 0 bridgehead atoms. The van der Waals surface area contributed by atoms with Crippen LogP contribution in [0.25, 0.3) is 11.1 Å². The number of aliphatic hydroxyl groups is 1. The number of likely N-dealkylation sites (N-methyl/N-ethyl adjacent to an activating group) is 1. The molecule has 2 aliphatic rings. The third kappa shape index (κ3) is 2.94. The van der Waals surface area contributed by atoms with E-state index in [0.717, 1.165) is 37.7 Å². The smallest absolute Gasteiger partial charge is 0.319 e. The van der Waals surface area contributed by atoms with Gasteiger partial charge in [-0.3, -0.25) is 4.90 Å². The van der Waals surface area contributed by atoms with Gasteiger partial charge in [0, 0.05) is 12.1 Å². The van der Waals surface area contributed by atoms with Gasteiger partial charge in [-0.25, -0.2) is 9.78 Å². The molecular weight excluding hydrogens is 356 g/mol. The molecule has 1 saturated carbocycles. The Labute approximate surface area is 156 Å². The predicted octanol–water partition coefficient (Wildman–Crippen LogP) is 3.20. The molecule has 0 unspecified atom stereocenters. The van der Waals surface area contributed by atoms with E-state index in [2.05, 4.69) is 15.6 Å². The second kappa shape index (κ2) is 6.72. The third-order valence-corrected chi connectivity index (χ3v) is 5.64. The second-order valence-electron chi connectivity index (χ2n) is 7.25. The standard InChI is InChI=1S/C18H23ClN4O3/c1-23(7-8-24)10-13-20-12-9-11(19)15-14(16(12)26-13)18(22-17(25)21-15)5-3-2-4-6-18/h9,24H,2-8,10H2,1H3,(H2,21,22,25). The number of hydrogen-bond donors (Lipinski definition) is 3. The SMILES string of the molecule is CN(CCO)Cc1nc2cc(Cl)c3c(c2o1)C1(CCCCC1)NC(=O)N3. The summed E-state index contributed by atoms with van der Waals surface area (Å²) in [5.74, 6) is 0.572. The number of rotatable bonds is 4. The van der Waals surface area contributed by atoms with Crippen LogP contribution in [0.1, 0.15) is 43.6 Å². The first-order chi connectivity index (χ1) is 12.5. The van der Waals surface area contributed by atoms with Gasteiger partial charge in [-0.1, -0.05) is 30.9 Å². The van der Waals surface area contributed by atoms with Crippen LogP contribution in [0.3, 0.4) is 0 Å². The average Bonchev–Trinajstić information content (AvgIpc) is 2.97. The Hall–Kier alpha value is -1.83. The van der Waals surface area contributed by atoms with Crippen molar-refractivity contribution in [3.63, 3.8) is 0 Å². The molecule has 0 atom stereocenters. The average molecular weight is 379 g/mol. The number of fused-ring (bicyclic) bond motifs is 4. The first-order valence-corrected chi connectivity index (χ1v) is 9.41. The maximum absolute atomic E-state index is 12.3. The van der Waals surface area contributed by atoms with Gasteiger partial charge in [-0.05, 0) is 26.0 Å². The van der Waals surface area contributed by atoms with Crippen LogP contribution >= 0.6 is 11.6 Å². The molecule has 0 saturated heterocycles. The fraction of sp³-hybridized carbons (Fsp3) is 0.556. The molecule has 2 heterocycles. The highest BCUT2D eigenvalue weighted by Gasteiger charge is 2.44. The summed E-state index contributed by atoms with van der Waals surface area (Å²) in [6.07, 6.45) is 4.99. The summed E-state index contributed by atoms with van der Waals surface area (Å²) in [4.78, 5) is 18.8. The van der Waals surface area contributed by atoms with Crippen molar-refractivity contribution in [3.8, 4) is 0 Å². The molecule has 4 rings (SSSR count). The number of nitrogens with zero attached hydrogens (tertiary/aromatic N) is 2. The molecule has 1 fully saturated rings. The summed E-state index contributed by atoms with van der Waals surface area (Å²) < 4.78 is 6.12. The van der Waals surface area contributed by atoms with Gasteiger partial charge in [-0.2, -0.15) is 0 Å². The number of amides is 2. The first-order valence-electron chi connectivity index (χ1n) is 9.03. The van der Waals surface area contributed by atoms with Gasteiger partial charge in [0.05, 0.1) is 29.4 Å². The number of carbonyl (C=O) groups excluding carboxylic acids is 1. The third-order valence-electron chi connectivity index (χ3n) is 5.34. The van der Waals surface area contributed by atoms with E-state index in [1.54, 1.807) is 6.07 Å². The monoisotopic (exact) mass is 378 g/mol. The van der Waals surface area contributed by atoms with Gasteiger partial charge in [0.1, 0.15) is 5.52 Å². The number of benzene rings is 1. The highest BCUT2D eigenvalue weighted by Crippen LogP contribution is 2.48. The van der Waals surface area contributed by atoms with Crippen LogP contribution in [0, 0.1) is 0 Å². The minimum absolute atomic E-state index is 0.0804. The van der Waals surface area contributed by atoms with Gasteiger partial charge < -0.3 is 20.2 Å². The Bertz CT molecular complexity index is 845. The number of carbonyl (C=O) groups is 1. The van der Waals surface area contributed by atoms with Crippen LogP contribution in [-0.4, -0.2) is 41.2 Å². The first kappa shape index (κ1) is 17.6. The number of aliphatic hydroxyl groups excluding tert-OH is 1. The molecule has 2 aromatic rings. The maximum Gasteiger partial charge on any atom is 0.319 e. The summed E-state index contributed by atoms with van der Waals surface area (Å²) in [5, 5.41) is 15.6. The Morgan fingerprint density at radius 2 is 2.15 bits per heavy atom. The van der Waals surface area contributed by atoms with Crippen molar-refractivity contribution in [1.29, 1.82) is 0 Å². The lowest BCUT2D eigenvalue weighted by Gasteiger charge is -2.42. The molecule has 7 nitrogen and oxygen atoms in total. The summed E-state index contributed by atoms with van der Waals surface area (Å²) in [6, 6.07) is 1.53. The molecule has 1 aliphatic heterocycles. The number of aromatic nitrogens is 1. The lowest BCUT2D eigenvalue weighted by Crippen LogP contribution is -2.52. The van der Waals surface area contributed by atoms with Gasteiger partial charge in [0.2, 0.25) is 5.89 Å². The minimum atomic E-state index is -0.452. The van der Waals surface area contributed by atoms with Crippen molar-refractivity contribution in [3.05, 3.63) is 22.5 Å². The fourth-order valence-corrected chi connectivity index (χ4v) is 4.41. The van der Waals surface area contributed by atoms with Crippen LogP contribution in [0.15, 0.2) is 10.5 Å². The molecule has 1 aliphatic carbocycles. The number of urea groups is 1. The van der Waals surface area contributed by atoms with Crippen molar-refractivity contribution in [1.82, 2.24) is 15.2 Å². The van der Waals surface area contributed by atoms with E-state index < -0.39 is 5.54 Å². The van der Waals surface area contributed by atoms with E-state index in [9.17, 15) is 4.79 Å². The van der Waals surface area contributed by atoms with Crippen molar-refractivity contribution in [2.24, 2.45) is 0 Å². The van der Waals surface area contributed by atoms with E-state index in [0.29, 0.717) is 40.8 Å². The molecule has 3 N–H and O–H groups in total. The van der Waals surface area contributed by atoms with Gasteiger partial charge in [-0.15, -0.1) is 0 Å². The number of oxazole rings is 1. The zero-order valence-electron chi connectivity index (χ0n) is 14.8. The van der Waals surface area contributed by atoms with E-state index in [4.69, 9.17) is 21.1 Å². The molecular formula is C18H23ClN4O3. The van der Waals surface area contributed by atoms with E-state index in [1.807, 2.05) is 11.9 Å². The van der Waals surface area contributed by atoms with E-state index in [1.165, 1.54) is 0 Å². The van der Waals surface area contributed by atoms with Gasteiger partial charge in [0.25, 0.3) is 0 Å². The summed E-state index contributed by atoms with van der Waals surface area (Å²) in [5.41, 5.74) is 2.49. The second-order valence-corrected chi connectivity index (χ2v) is 7.65. The van der Waals surface area contributed by atoms with Gasteiger partial charge in [0.15, 0.2) is 5.58 Å². The van der Waals surface area contributed by atoms with Crippen LogP contribution in [0.4, 0.5) is 10.5 Å². The highest BCUT2D eigenvalue weighted by molar-refractivity contribution is 6.35. The van der Waals surface area contributed by atoms with Crippen molar-refractivity contribution < 1.29 is 14.3 Å². The summed E-state index contributed by atoms with van der Waals surface area (Å²) in [7, 11) is 1.90. The number of nitrogens with one attached hydrogen (secondary N) is 2. The quantitative estimate of drug-likeness (QED) is 0.760. The minimum Gasteiger partial charge on any atom is -0.439 e. The van der Waals surface area contributed by atoms with Crippen LogP contribution in [-0.2, 0) is 12.1 Å². The Balaban J connectivity index is 1.84. The molecule has 8 heteroatoms. The largest absolute Gasteiger partial charge is 0.439 e. The summed E-state index contributed by atoms with van der Waals surface area (Å²) >= 11 is 6.49. The van der Waals surface area contributed by atoms with Gasteiger partial charge >= 0.3 is 6.03 Å². The van der Waals surface area contributed by atoms with Crippen LogP contribution < -0.4 is 10.6 Å². The zero-order valence-corrected chi connectivity index (χ0v) is 15.5. The molecule has 1 aromatic heterocycles. The lowest BCUT2D eigenvalue weighted by atomic mass is 9.74. The number of halogens is 1. The van der Waals surface area contributed by atoms with Crippen LogP contribution in [0.5, 0.6) is 0 Å². The molecule has 1 spiro atoms. The fourth-order valence-electron chi connectivity index (χ4n) is 4.16. The molecule has 1 aromatic carbocycles. The van der Waals surface area contributed by atoms with E-state index in [-0.39, 0.29) is 12.6 Å². The van der Waals surface area contributed by atoms with E-state index >= 15 is 0 Å². The summed E-state index contributed by atoms with van der Waals surface area (Å²) in [6.45, 7) is 1.12. The Morgan fingerprint density at radius 3 is 2.88 bits per heavy atom. The highest BCUT2D eigenvalue weighted by atomic mass is 35.5. The molecule has 2 amide bonds. The van der Waals surface area contributed by atoms with Crippen LogP contribution in [0.2, 0.25) is 5.02 Å². The zero-order chi connectivity index (χ0) is 18.3. The molecule has 26 heavy (non-hydrogen) atoms. The predicted molar refractivity (Wildman–Crippen MR) is 99.4 cm³/mol. The Morgan fingerprint density at radius 1 is 1.38 bits per heavy atom.